The van der Waals surface area contributed by atoms with Gasteiger partial charge in [-0.25, -0.2) is 4.98 Å². The lowest BCUT2D eigenvalue weighted by molar-refractivity contribution is -0.120. The Balaban J connectivity index is 1.91. The van der Waals surface area contributed by atoms with Gasteiger partial charge in [-0.2, -0.15) is 0 Å². The van der Waals surface area contributed by atoms with Gasteiger partial charge in [0.25, 0.3) is 5.91 Å². The van der Waals surface area contributed by atoms with Crippen molar-refractivity contribution in [2.75, 3.05) is 30.8 Å². The van der Waals surface area contributed by atoms with Crippen LogP contribution in [0.5, 0.6) is 0 Å². The van der Waals surface area contributed by atoms with Gasteiger partial charge in [0.05, 0.1) is 6.54 Å². The van der Waals surface area contributed by atoms with Crippen molar-refractivity contribution in [3.63, 3.8) is 0 Å². The molecule has 4 N–H and O–H groups in total. The number of carbonyl (C=O) groups is 2. The minimum atomic E-state index is -0.360. The predicted octanol–water partition coefficient (Wildman–Crippen LogP) is 0.190. The van der Waals surface area contributed by atoms with Gasteiger partial charge in [0.15, 0.2) is 5.13 Å². The molecule has 110 valence electrons. The van der Waals surface area contributed by atoms with Gasteiger partial charge in [-0.15, -0.1) is 0 Å². The summed E-state index contributed by atoms with van der Waals surface area (Å²) in [6.45, 7) is 2.73. The van der Waals surface area contributed by atoms with Crippen LogP contribution in [0, 0.1) is 0 Å². The lowest BCUT2D eigenvalue weighted by Crippen LogP contribution is -2.37. The van der Waals surface area contributed by atoms with Crippen molar-refractivity contribution in [3.05, 3.63) is 4.88 Å². The van der Waals surface area contributed by atoms with Crippen LogP contribution in [0.4, 0.5) is 10.9 Å². The molecule has 0 bridgehead atoms. The number of hydrogen-bond donors (Lipinski definition) is 3. The largest absolute Gasteiger partial charge is 0.382 e. The van der Waals surface area contributed by atoms with Gasteiger partial charge >= 0.3 is 0 Å². The lowest BCUT2D eigenvalue weighted by atomic mass is 10.4. The van der Waals surface area contributed by atoms with Crippen LogP contribution >= 0.6 is 11.3 Å². The number of nitrogen functional groups attached to an aromatic ring is 1. The fraction of sp³-hybridized carbons (Fsp3) is 0.583. The first kappa shape index (κ1) is 14.6. The second kappa shape index (κ2) is 6.08. The SMILES string of the molecule is CCN(C)c1nc(N)c(C(=O)NCC(=O)NC2CC2)s1. The number of rotatable bonds is 6. The van der Waals surface area contributed by atoms with Gasteiger partial charge in [0.1, 0.15) is 10.7 Å². The third-order valence-corrected chi connectivity index (χ3v) is 4.19. The molecule has 1 saturated carbocycles. The molecule has 1 aromatic rings. The lowest BCUT2D eigenvalue weighted by Gasteiger charge is -2.10. The number of hydrogen-bond acceptors (Lipinski definition) is 6. The minimum absolute atomic E-state index is 0.0361. The maximum absolute atomic E-state index is 12.0. The Morgan fingerprint density at radius 3 is 2.80 bits per heavy atom. The molecule has 0 radical (unpaired) electrons. The summed E-state index contributed by atoms with van der Waals surface area (Å²) >= 11 is 1.22. The summed E-state index contributed by atoms with van der Waals surface area (Å²) in [7, 11) is 1.88. The van der Waals surface area contributed by atoms with Crippen molar-refractivity contribution in [3.8, 4) is 0 Å². The van der Waals surface area contributed by atoms with Crippen molar-refractivity contribution in [2.45, 2.75) is 25.8 Å². The van der Waals surface area contributed by atoms with Crippen molar-refractivity contribution in [1.82, 2.24) is 15.6 Å². The number of nitrogens with two attached hydrogens (primary N) is 1. The van der Waals surface area contributed by atoms with E-state index < -0.39 is 0 Å². The number of thiazole rings is 1. The minimum Gasteiger partial charge on any atom is -0.382 e. The number of anilines is 2. The third kappa shape index (κ3) is 3.60. The summed E-state index contributed by atoms with van der Waals surface area (Å²) in [6, 6.07) is 0.290. The topological polar surface area (TPSA) is 100 Å². The van der Waals surface area contributed by atoms with E-state index in [1.165, 1.54) is 11.3 Å². The van der Waals surface area contributed by atoms with Crippen molar-refractivity contribution < 1.29 is 9.59 Å². The fourth-order valence-electron chi connectivity index (χ4n) is 1.53. The Morgan fingerprint density at radius 2 is 2.20 bits per heavy atom. The van der Waals surface area contributed by atoms with E-state index in [2.05, 4.69) is 15.6 Å². The Kier molecular flexibility index (Phi) is 4.43. The molecule has 0 unspecified atom stereocenters. The number of nitrogens with one attached hydrogen (secondary N) is 2. The quantitative estimate of drug-likeness (QED) is 0.696. The highest BCUT2D eigenvalue weighted by molar-refractivity contribution is 7.18. The second-order valence-electron chi connectivity index (χ2n) is 4.75. The van der Waals surface area contributed by atoms with Crippen molar-refractivity contribution in [1.29, 1.82) is 0 Å². The van der Waals surface area contributed by atoms with Gasteiger partial charge in [0, 0.05) is 19.6 Å². The highest BCUT2D eigenvalue weighted by atomic mass is 32.1. The first-order chi connectivity index (χ1) is 9.51. The number of amides is 2. The van der Waals surface area contributed by atoms with Gasteiger partial charge in [-0.1, -0.05) is 11.3 Å². The molecule has 0 saturated heterocycles. The van der Waals surface area contributed by atoms with Gasteiger partial charge in [-0.3, -0.25) is 9.59 Å². The fourth-order valence-corrected chi connectivity index (χ4v) is 2.46. The van der Waals surface area contributed by atoms with Crippen molar-refractivity contribution >= 4 is 34.1 Å². The molecule has 1 aliphatic rings. The smallest absolute Gasteiger partial charge is 0.265 e. The van der Waals surface area contributed by atoms with E-state index in [-0.39, 0.29) is 30.2 Å². The Labute approximate surface area is 121 Å². The number of aromatic nitrogens is 1. The van der Waals surface area contributed by atoms with Crippen LogP contribution in [0.15, 0.2) is 0 Å². The first-order valence-corrected chi connectivity index (χ1v) is 7.38. The molecular formula is C12H19N5O2S. The van der Waals surface area contributed by atoms with E-state index in [9.17, 15) is 9.59 Å². The average Bonchev–Trinajstić information content (AvgIpc) is 3.15. The predicted molar refractivity (Wildman–Crippen MR) is 79.0 cm³/mol. The summed E-state index contributed by atoms with van der Waals surface area (Å²) < 4.78 is 0. The molecule has 7 nitrogen and oxygen atoms in total. The van der Waals surface area contributed by atoms with Crippen LogP contribution in [-0.4, -0.2) is 43.0 Å². The molecule has 1 heterocycles. The monoisotopic (exact) mass is 297 g/mol. The van der Waals surface area contributed by atoms with Gasteiger partial charge in [-0.05, 0) is 19.8 Å². The van der Waals surface area contributed by atoms with Crippen LogP contribution < -0.4 is 21.3 Å². The molecule has 0 spiro atoms. The Morgan fingerprint density at radius 1 is 1.50 bits per heavy atom. The highest BCUT2D eigenvalue weighted by Crippen LogP contribution is 2.27. The molecular weight excluding hydrogens is 278 g/mol. The zero-order valence-electron chi connectivity index (χ0n) is 11.6. The molecule has 0 atom stereocenters. The maximum atomic E-state index is 12.0. The molecule has 20 heavy (non-hydrogen) atoms. The summed E-state index contributed by atoms with van der Waals surface area (Å²) in [4.78, 5) is 29.9. The van der Waals surface area contributed by atoms with Crippen LogP contribution in [0.1, 0.15) is 29.4 Å². The molecule has 2 rings (SSSR count). The normalized spacial score (nSPS) is 13.9. The van der Waals surface area contributed by atoms with E-state index in [0.717, 1.165) is 19.4 Å². The van der Waals surface area contributed by atoms with Crippen LogP contribution in [0.25, 0.3) is 0 Å². The third-order valence-electron chi connectivity index (χ3n) is 3.00. The first-order valence-electron chi connectivity index (χ1n) is 6.56. The molecule has 1 aromatic heterocycles. The Hall–Kier alpha value is -1.83. The summed E-state index contributed by atoms with van der Waals surface area (Å²) in [6.07, 6.45) is 2.04. The average molecular weight is 297 g/mol. The van der Waals surface area contributed by atoms with E-state index in [0.29, 0.717) is 10.0 Å². The Bertz CT molecular complexity index is 512. The maximum Gasteiger partial charge on any atom is 0.265 e. The standard InChI is InChI=1S/C12H19N5O2S/c1-3-17(2)12-16-10(13)9(20-12)11(19)14-6-8(18)15-7-4-5-7/h7H,3-6,13H2,1-2H3,(H,14,19)(H,15,18). The number of nitrogens with zero attached hydrogens (tertiary/aromatic N) is 2. The second-order valence-corrected chi connectivity index (χ2v) is 5.73. The molecule has 8 heteroatoms. The molecule has 0 aromatic carbocycles. The zero-order chi connectivity index (χ0) is 14.7. The molecule has 1 fully saturated rings. The zero-order valence-corrected chi connectivity index (χ0v) is 12.4. The number of carbonyl (C=O) groups excluding carboxylic acids is 2. The summed E-state index contributed by atoms with van der Waals surface area (Å²) in [5.74, 6) is -0.332. The van der Waals surface area contributed by atoms with Gasteiger partial charge < -0.3 is 21.3 Å². The van der Waals surface area contributed by atoms with E-state index in [4.69, 9.17) is 5.73 Å². The van der Waals surface area contributed by atoms with E-state index in [1.54, 1.807) is 0 Å². The summed E-state index contributed by atoms with van der Waals surface area (Å²) in [5, 5.41) is 6.06. The molecule has 1 aliphatic carbocycles. The van der Waals surface area contributed by atoms with Gasteiger partial charge in [0.2, 0.25) is 5.91 Å². The van der Waals surface area contributed by atoms with Crippen molar-refractivity contribution in [2.24, 2.45) is 0 Å². The van der Waals surface area contributed by atoms with E-state index >= 15 is 0 Å². The van der Waals surface area contributed by atoms with Crippen LogP contribution in [0.2, 0.25) is 0 Å². The molecule has 2 amide bonds. The highest BCUT2D eigenvalue weighted by Gasteiger charge is 2.24. The van der Waals surface area contributed by atoms with E-state index in [1.807, 2.05) is 18.9 Å². The van der Waals surface area contributed by atoms with Crippen LogP contribution in [0.3, 0.4) is 0 Å². The summed E-state index contributed by atoms with van der Waals surface area (Å²) in [5.41, 5.74) is 5.74. The van der Waals surface area contributed by atoms with Crippen LogP contribution in [-0.2, 0) is 4.79 Å². The molecule has 0 aliphatic heterocycles.